The van der Waals surface area contributed by atoms with Gasteiger partial charge in [-0.3, -0.25) is 0 Å². The molecule has 1 aromatic rings. The second-order valence-corrected chi connectivity index (χ2v) is 5.22. The lowest BCUT2D eigenvalue weighted by atomic mass is 10.0. The minimum absolute atomic E-state index is 0.561. The molecule has 0 spiro atoms. The van der Waals surface area contributed by atoms with Crippen molar-refractivity contribution in [2.75, 3.05) is 20.1 Å². The SMILES string of the molecule is CN(Cc1ccc(Cl)nc1)C[C@@H]1CCCCN1. The summed E-state index contributed by atoms with van der Waals surface area (Å²) in [7, 11) is 2.16. The van der Waals surface area contributed by atoms with E-state index in [1.54, 1.807) is 0 Å². The van der Waals surface area contributed by atoms with Gasteiger partial charge in [0.1, 0.15) is 5.15 Å². The van der Waals surface area contributed by atoms with E-state index in [-0.39, 0.29) is 0 Å². The number of likely N-dealkylation sites (N-methyl/N-ethyl adjacent to an activating group) is 1. The third kappa shape index (κ3) is 4.26. The first kappa shape index (κ1) is 12.8. The highest BCUT2D eigenvalue weighted by atomic mass is 35.5. The molecule has 0 saturated carbocycles. The monoisotopic (exact) mass is 253 g/mol. The van der Waals surface area contributed by atoms with Crippen molar-refractivity contribution in [3.63, 3.8) is 0 Å². The van der Waals surface area contributed by atoms with Crippen molar-refractivity contribution < 1.29 is 0 Å². The summed E-state index contributed by atoms with van der Waals surface area (Å²) in [6, 6.07) is 4.54. The van der Waals surface area contributed by atoms with Crippen LogP contribution in [0.1, 0.15) is 24.8 Å². The van der Waals surface area contributed by atoms with Crippen molar-refractivity contribution in [2.24, 2.45) is 0 Å². The molecule has 1 saturated heterocycles. The Morgan fingerprint density at radius 2 is 2.35 bits per heavy atom. The van der Waals surface area contributed by atoms with Gasteiger partial charge < -0.3 is 10.2 Å². The molecule has 0 radical (unpaired) electrons. The highest BCUT2D eigenvalue weighted by molar-refractivity contribution is 6.29. The average Bonchev–Trinajstić information content (AvgIpc) is 2.33. The molecule has 0 aliphatic carbocycles. The standard InChI is InChI=1S/C13H20ClN3/c1-17(10-12-4-2-3-7-15-12)9-11-5-6-13(14)16-8-11/h5-6,8,12,15H,2-4,7,9-10H2,1H3/t12-/m0/s1. The van der Waals surface area contributed by atoms with Crippen molar-refractivity contribution >= 4 is 11.6 Å². The zero-order valence-electron chi connectivity index (χ0n) is 10.3. The fraction of sp³-hybridized carbons (Fsp3) is 0.615. The number of halogens is 1. The second-order valence-electron chi connectivity index (χ2n) is 4.83. The Morgan fingerprint density at radius 1 is 1.47 bits per heavy atom. The molecule has 0 aromatic carbocycles. The van der Waals surface area contributed by atoms with E-state index in [9.17, 15) is 0 Å². The number of piperidine rings is 1. The number of nitrogens with zero attached hydrogens (tertiary/aromatic N) is 2. The topological polar surface area (TPSA) is 28.2 Å². The Labute approximate surface area is 108 Å². The van der Waals surface area contributed by atoms with E-state index in [1.165, 1.54) is 31.4 Å². The third-order valence-corrected chi connectivity index (χ3v) is 3.41. The van der Waals surface area contributed by atoms with Gasteiger partial charge >= 0.3 is 0 Å². The summed E-state index contributed by atoms with van der Waals surface area (Å²) in [4.78, 5) is 6.44. The molecule has 17 heavy (non-hydrogen) atoms. The summed E-state index contributed by atoms with van der Waals surface area (Å²) in [6.45, 7) is 3.20. The largest absolute Gasteiger partial charge is 0.313 e. The minimum atomic E-state index is 0.561. The van der Waals surface area contributed by atoms with E-state index in [0.717, 1.165) is 13.1 Å². The number of aromatic nitrogens is 1. The lowest BCUT2D eigenvalue weighted by Crippen LogP contribution is -2.42. The van der Waals surface area contributed by atoms with Gasteiger partial charge in [0.25, 0.3) is 0 Å². The van der Waals surface area contributed by atoms with E-state index in [4.69, 9.17) is 11.6 Å². The number of hydrogen-bond donors (Lipinski definition) is 1. The number of hydrogen-bond acceptors (Lipinski definition) is 3. The Hall–Kier alpha value is -0.640. The van der Waals surface area contributed by atoms with E-state index in [2.05, 4.69) is 22.2 Å². The average molecular weight is 254 g/mol. The predicted octanol–water partition coefficient (Wildman–Crippen LogP) is 2.31. The molecule has 0 unspecified atom stereocenters. The lowest BCUT2D eigenvalue weighted by molar-refractivity contribution is 0.256. The van der Waals surface area contributed by atoms with Crippen LogP contribution in [0.5, 0.6) is 0 Å². The molecule has 1 aliphatic rings. The van der Waals surface area contributed by atoms with Gasteiger partial charge in [0.05, 0.1) is 0 Å². The van der Waals surface area contributed by atoms with Crippen LogP contribution in [0.4, 0.5) is 0 Å². The van der Waals surface area contributed by atoms with Crippen LogP contribution < -0.4 is 5.32 Å². The quantitative estimate of drug-likeness (QED) is 0.835. The van der Waals surface area contributed by atoms with Crippen LogP contribution in [0, 0.1) is 0 Å². The van der Waals surface area contributed by atoms with E-state index in [1.807, 2.05) is 18.3 Å². The highest BCUT2D eigenvalue weighted by Crippen LogP contribution is 2.10. The summed E-state index contributed by atoms with van der Waals surface area (Å²) in [6.07, 6.45) is 5.83. The van der Waals surface area contributed by atoms with Crippen LogP contribution in [-0.2, 0) is 6.54 Å². The van der Waals surface area contributed by atoms with Crippen LogP contribution in [0.3, 0.4) is 0 Å². The fourth-order valence-corrected chi connectivity index (χ4v) is 2.44. The molecule has 2 rings (SSSR count). The number of nitrogens with one attached hydrogen (secondary N) is 1. The first-order valence-electron chi connectivity index (χ1n) is 6.26. The van der Waals surface area contributed by atoms with Crippen LogP contribution in [-0.4, -0.2) is 36.1 Å². The molecular formula is C13H20ClN3. The first-order chi connectivity index (χ1) is 8.24. The molecule has 0 amide bonds. The van der Waals surface area contributed by atoms with Crippen LogP contribution >= 0.6 is 11.6 Å². The third-order valence-electron chi connectivity index (χ3n) is 3.19. The van der Waals surface area contributed by atoms with Crippen molar-refractivity contribution in [2.45, 2.75) is 31.8 Å². The van der Waals surface area contributed by atoms with Crippen molar-refractivity contribution in [3.8, 4) is 0 Å². The highest BCUT2D eigenvalue weighted by Gasteiger charge is 2.14. The molecule has 0 bridgehead atoms. The summed E-state index contributed by atoms with van der Waals surface area (Å²) in [5, 5.41) is 4.13. The normalized spacial score (nSPS) is 20.8. The minimum Gasteiger partial charge on any atom is -0.313 e. The molecule has 3 nitrogen and oxygen atoms in total. The smallest absolute Gasteiger partial charge is 0.129 e. The first-order valence-corrected chi connectivity index (χ1v) is 6.64. The van der Waals surface area contributed by atoms with Gasteiger partial charge in [-0.25, -0.2) is 4.98 Å². The van der Waals surface area contributed by atoms with E-state index < -0.39 is 0 Å². The maximum atomic E-state index is 5.77. The van der Waals surface area contributed by atoms with Crippen molar-refractivity contribution in [3.05, 3.63) is 29.0 Å². The van der Waals surface area contributed by atoms with Crippen LogP contribution in [0.2, 0.25) is 5.15 Å². The Balaban J connectivity index is 1.79. The molecule has 1 aromatic heterocycles. The molecule has 1 atom stereocenters. The summed E-state index contributed by atoms with van der Waals surface area (Å²) in [5.74, 6) is 0. The van der Waals surface area contributed by atoms with Crippen LogP contribution in [0.15, 0.2) is 18.3 Å². The van der Waals surface area contributed by atoms with Crippen molar-refractivity contribution in [1.29, 1.82) is 0 Å². The Kier molecular flexibility index (Phi) is 4.77. The molecule has 1 N–H and O–H groups in total. The zero-order valence-corrected chi connectivity index (χ0v) is 11.1. The molecule has 4 heteroatoms. The number of pyridine rings is 1. The van der Waals surface area contributed by atoms with Gasteiger partial charge in [-0.1, -0.05) is 24.1 Å². The molecule has 1 fully saturated rings. The Morgan fingerprint density at radius 3 is 3.00 bits per heavy atom. The van der Waals surface area contributed by atoms with Gasteiger partial charge in [-0.05, 0) is 38.1 Å². The van der Waals surface area contributed by atoms with Crippen molar-refractivity contribution in [1.82, 2.24) is 15.2 Å². The van der Waals surface area contributed by atoms with Gasteiger partial charge in [0.2, 0.25) is 0 Å². The predicted molar refractivity (Wildman–Crippen MR) is 71.2 cm³/mol. The fourth-order valence-electron chi connectivity index (χ4n) is 2.33. The molecule has 94 valence electrons. The summed E-state index contributed by atoms with van der Waals surface area (Å²) in [5.41, 5.74) is 1.22. The zero-order chi connectivity index (χ0) is 12.1. The molecule has 2 heterocycles. The van der Waals surface area contributed by atoms with Gasteiger partial charge in [0, 0.05) is 25.3 Å². The van der Waals surface area contributed by atoms with E-state index >= 15 is 0 Å². The van der Waals surface area contributed by atoms with E-state index in [0.29, 0.717) is 11.2 Å². The maximum absolute atomic E-state index is 5.77. The summed E-state index contributed by atoms with van der Waals surface area (Å²) >= 11 is 5.77. The number of rotatable bonds is 4. The Bertz CT molecular complexity index is 333. The maximum Gasteiger partial charge on any atom is 0.129 e. The van der Waals surface area contributed by atoms with Crippen LogP contribution in [0.25, 0.3) is 0 Å². The second kappa shape index (κ2) is 6.34. The van der Waals surface area contributed by atoms with Gasteiger partial charge in [-0.15, -0.1) is 0 Å². The van der Waals surface area contributed by atoms with Gasteiger partial charge in [-0.2, -0.15) is 0 Å². The van der Waals surface area contributed by atoms with Gasteiger partial charge in [0.15, 0.2) is 0 Å². The molecular weight excluding hydrogens is 234 g/mol. The summed E-state index contributed by atoms with van der Waals surface area (Å²) < 4.78 is 0. The molecule has 1 aliphatic heterocycles. The lowest BCUT2D eigenvalue weighted by Gasteiger charge is -2.28.